The van der Waals surface area contributed by atoms with Gasteiger partial charge < -0.3 is 5.32 Å². The molecular weight excluding hydrogens is 434 g/mol. The van der Waals surface area contributed by atoms with E-state index in [4.69, 9.17) is 4.98 Å². The lowest BCUT2D eigenvalue weighted by Gasteiger charge is -2.28. The number of hydrogen-bond donors (Lipinski definition) is 2. The van der Waals surface area contributed by atoms with Crippen LogP contribution in [0.25, 0.3) is 21.8 Å². The second-order valence-electron chi connectivity index (χ2n) is 9.75. The number of anilines is 1. The molecule has 1 fully saturated rings. The lowest BCUT2D eigenvalue weighted by Crippen LogP contribution is -2.33. The molecule has 2 amide bonds. The van der Waals surface area contributed by atoms with Crippen molar-refractivity contribution in [1.29, 1.82) is 0 Å². The van der Waals surface area contributed by atoms with Crippen LogP contribution in [0.3, 0.4) is 0 Å². The molecule has 1 aliphatic heterocycles. The van der Waals surface area contributed by atoms with Gasteiger partial charge >= 0.3 is 0 Å². The van der Waals surface area contributed by atoms with Crippen LogP contribution in [0.2, 0.25) is 0 Å². The van der Waals surface area contributed by atoms with Crippen molar-refractivity contribution in [2.45, 2.75) is 51.4 Å². The summed E-state index contributed by atoms with van der Waals surface area (Å²) in [7, 11) is 0. The van der Waals surface area contributed by atoms with Crippen LogP contribution in [0.1, 0.15) is 51.4 Å². The van der Waals surface area contributed by atoms with Crippen LogP contribution in [0, 0.1) is 11.3 Å². The Bertz CT molecular complexity index is 1240. The number of rotatable bonds is 11. The van der Waals surface area contributed by atoms with E-state index in [-0.39, 0.29) is 17.7 Å². The Kier molecular flexibility index (Phi) is 6.94. The predicted octanol–water partition coefficient (Wildman–Crippen LogP) is 6.31. The summed E-state index contributed by atoms with van der Waals surface area (Å²) in [6.07, 6.45) is 16.3. The summed E-state index contributed by atoms with van der Waals surface area (Å²) in [5, 5.41) is 8.56. The maximum atomic E-state index is 12.4. The molecule has 2 aromatic carbocycles. The third-order valence-corrected chi connectivity index (χ3v) is 7.46. The summed E-state index contributed by atoms with van der Waals surface area (Å²) in [5.74, 6) is -0.616. The van der Waals surface area contributed by atoms with Crippen molar-refractivity contribution in [3.05, 3.63) is 72.8 Å². The number of allylic oxidation sites excluding steroid dienone is 2. The topological polar surface area (TPSA) is 71.1 Å². The van der Waals surface area contributed by atoms with Gasteiger partial charge in [-0.1, -0.05) is 99.2 Å². The first kappa shape index (κ1) is 23.3. The number of imide groups is 1. The van der Waals surface area contributed by atoms with Gasteiger partial charge in [-0.2, -0.15) is 0 Å². The van der Waals surface area contributed by atoms with E-state index < -0.39 is 5.41 Å². The zero-order chi connectivity index (χ0) is 24.1. The number of nitrogens with zero attached hydrogens (tertiary/aromatic N) is 1. The van der Waals surface area contributed by atoms with Crippen LogP contribution in [0.4, 0.5) is 5.69 Å². The molecule has 180 valence electrons. The summed E-state index contributed by atoms with van der Waals surface area (Å²) in [5.41, 5.74) is 2.58. The molecule has 5 rings (SSSR count). The first-order chi connectivity index (χ1) is 17.2. The SMILES string of the molecule is O=C1NC(=O)C2(CCCCCCCCCNc3c4ccccc4nc4ccccc34)C=CC=CC12. The molecule has 0 radical (unpaired) electrons. The number of para-hydroxylation sites is 2. The normalized spacial score (nSPS) is 21.0. The van der Waals surface area contributed by atoms with Gasteiger partial charge in [-0.05, 0) is 25.0 Å². The monoisotopic (exact) mass is 467 g/mol. The number of carbonyl (C=O) groups is 2. The van der Waals surface area contributed by atoms with Gasteiger partial charge in [-0.3, -0.25) is 14.9 Å². The molecule has 35 heavy (non-hydrogen) atoms. The maximum Gasteiger partial charge on any atom is 0.237 e. The smallest absolute Gasteiger partial charge is 0.237 e. The Morgan fingerprint density at radius 1 is 0.800 bits per heavy atom. The molecule has 1 aromatic heterocycles. The van der Waals surface area contributed by atoms with Crippen LogP contribution in [-0.4, -0.2) is 23.3 Å². The number of fused-ring (bicyclic) bond motifs is 3. The summed E-state index contributed by atoms with van der Waals surface area (Å²) in [6.45, 7) is 0.949. The number of unbranched alkanes of at least 4 members (excludes halogenated alkanes) is 6. The largest absolute Gasteiger partial charge is 0.384 e. The number of aromatic nitrogens is 1. The molecule has 2 heterocycles. The second kappa shape index (κ2) is 10.4. The molecule has 2 unspecified atom stereocenters. The van der Waals surface area contributed by atoms with E-state index >= 15 is 0 Å². The third kappa shape index (κ3) is 4.72. The second-order valence-corrected chi connectivity index (χ2v) is 9.75. The van der Waals surface area contributed by atoms with Crippen molar-refractivity contribution in [2.24, 2.45) is 11.3 Å². The lowest BCUT2D eigenvalue weighted by atomic mass is 9.71. The zero-order valence-electron chi connectivity index (χ0n) is 20.1. The summed E-state index contributed by atoms with van der Waals surface area (Å²) in [6, 6.07) is 16.7. The highest BCUT2D eigenvalue weighted by Gasteiger charge is 2.52. The highest BCUT2D eigenvalue weighted by molar-refractivity contribution is 6.09. The Morgan fingerprint density at radius 2 is 1.43 bits per heavy atom. The van der Waals surface area contributed by atoms with Crippen molar-refractivity contribution in [1.82, 2.24) is 10.3 Å². The van der Waals surface area contributed by atoms with E-state index in [1.807, 2.05) is 36.4 Å². The molecule has 3 aromatic rings. The fourth-order valence-corrected chi connectivity index (χ4v) is 5.54. The molecule has 2 aliphatic rings. The van der Waals surface area contributed by atoms with Crippen molar-refractivity contribution in [2.75, 3.05) is 11.9 Å². The van der Waals surface area contributed by atoms with Gasteiger partial charge in [0.2, 0.25) is 11.8 Å². The number of pyridine rings is 1. The predicted molar refractivity (Wildman–Crippen MR) is 142 cm³/mol. The highest BCUT2D eigenvalue weighted by atomic mass is 16.2. The van der Waals surface area contributed by atoms with Crippen molar-refractivity contribution in [3.8, 4) is 0 Å². The molecule has 1 aliphatic carbocycles. The van der Waals surface area contributed by atoms with Gasteiger partial charge in [0.15, 0.2) is 0 Å². The summed E-state index contributed by atoms with van der Waals surface area (Å²) >= 11 is 0. The lowest BCUT2D eigenvalue weighted by molar-refractivity contribution is -0.127. The molecule has 0 bridgehead atoms. The fraction of sp³-hybridized carbons (Fsp3) is 0.367. The molecule has 2 N–H and O–H groups in total. The molecule has 1 saturated heterocycles. The zero-order valence-corrected chi connectivity index (χ0v) is 20.1. The number of nitrogens with one attached hydrogen (secondary N) is 2. The van der Waals surface area contributed by atoms with Crippen molar-refractivity contribution < 1.29 is 9.59 Å². The quantitative estimate of drug-likeness (QED) is 0.197. The van der Waals surface area contributed by atoms with Crippen LogP contribution < -0.4 is 10.6 Å². The number of carbonyl (C=O) groups excluding carboxylic acids is 2. The minimum Gasteiger partial charge on any atom is -0.384 e. The Labute approximate surface area is 206 Å². The van der Waals surface area contributed by atoms with E-state index in [0.29, 0.717) is 0 Å². The van der Waals surface area contributed by atoms with E-state index in [2.05, 4.69) is 47.0 Å². The molecule has 5 nitrogen and oxygen atoms in total. The Balaban J connectivity index is 1.03. The molecule has 2 atom stereocenters. The van der Waals surface area contributed by atoms with Gasteiger partial charge in [-0.25, -0.2) is 4.98 Å². The third-order valence-electron chi connectivity index (χ3n) is 7.46. The van der Waals surface area contributed by atoms with Crippen LogP contribution in [-0.2, 0) is 9.59 Å². The number of hydrogen-bond acceptors (Lipinski definition) is 4. The summed E-state index contributed by atoms with van der Waals surface area (Å²) < 4.78 is 0. The average molecular weight is 468 g/mol. The van der Waals surface area contributed by atoms with Gasteiger partial charge in [-0.15, -0.1) is 0 Å². The number of benzene rings is 2. The average Bonchev–Trinajstić information content (AvgIpc) is 3.14. The maximum absolute atomic E-state index is 12.4. The van der Waals surface area contributed by atoms with Crippen LogP contribution in [0.15, 0.2) is 72.8 Å². The fourth-order valence-electron chi connectivity index (χ4n) is 5.54. The van der Waals surface area contributed by atoms with E-state index in [1.54, 1.807) is 0 Å². The van der Waals surface area contributed by atoms with Gasteiger partial charge in [0.25, 0.3) is 0 Å². The van der Waals surface area contributed by atoms with Crippen molar-refractivity contribution in [3.63, 3.8) is 0 Å². The minimum atomic E-state index is -0.654. The Morgan fingerprint density at radius 3 is 2.14 bits per heavy atom. The first-order valence-electron chi connectivity index (χ1n) is 12.9. The molecule has 0 spiro atoms. The molecule has 5 heteroatoms. The first-order valence-corrected chi connectivity index (χ1v) is 12.9. The van der Waals surface area contributed by atoms with Crippen molar-refractivity contribution >= 4 is 39.3 Å². The minimum absolute atomic E-state index is 0.129. The van der Waals surface area contributed by atoms with Gasteiger partial charge in [0.05, 0.1) is 28.1 Å². The molecular formula is C30H33N3O2. The van der Waals surface area contributed by atoms with E-state index in [9.17, 15) is 9.59 Å². The molecule has 0 saturated carbocycles. The van der Waals surface area contributed by atoms with Crippen LogP contribution >= 0.6 is 0 Å². The van der Waals surface area contributed by atoms with E-state index in [1.165, 1.54) is 42.1 Å². The number of amides is 2. The summed E-state index contributed by atoms with van der Waals surface area (Å²) in [4.78, 5) is 29.3. The van der Waals surface area contributed by atoms with Gasteiger partial charge in [0, 0.05) is 17.3 Å². The highest BCUT2D eigenvalue weighted by Crippen LogP contribution is 2.42. The Hall–Kier alpha value is -3.47. The van der Waals surface area contributed by atoms with E-state index in [0.717, 1.165) is 43.3 Å². The van der Waals surface area contributed by atoms with Crippen LogP contribution in [0.5, 0.6) is 0 Å². The standard InChI is InChI=1S/C30H33N3O2/c34-28-24-16-10-12-20-30(24,29(35)33-28)19-11-4-2-1-3-5-13-21-31-27-22-14-6-8-17-25(22)32-26-18-9-7-15-23(26)27/h6-10,12,14-18,20,24H,1-5,11,13,19,21H2,(H,31,32)(H,33,34,35). The van der Waals surface area contributed by atoms with Gasteiger partial charge in [0.1, 0.15) is 0 Å².